The average molecular weight is 527 g/mol. The molecule has 0 aliphatic carbocycles. The quantitative estimate of drug-likeness (QED) is 0.308. The Morgan fingerprint density at radius 1 is 1.05 bits per heavy atom. The number of rotatable bonds is 8. The van der Waals surface area contributed by atoms with E-state index in [1.807, 2.05) is 47.0 Å². The predicted molar refractivity (Wildman–Crippen MR) is 144 cm³/mol. The third-order valence-electron chi connectivity index (χ3n) is 6.35. The zero-order valence-electron chi connectivity index (χ0n) is 21.0. The van der Waals surface area contributed by atoms with Crippen LogP contribution < -0.4 is 15.8 Å². The van der Waals surface area contributed by atoms with E-state index in [4.69, 9.17) is 19.8 Å². The second kappa shape index (κ2) is 10.9. The number of nitrogens with one attached hydrogen (secondary N) is 1. The molecule has 39 heavy (non-hydrogen) atoms. The number of hydrogen-bond donors (Lipinski definition) is 2. The van der Waals surface area contributed by atoms with Gasteiger partial charge in [0.2, 0.25) is 11.8 Å². The lowest BCUT2D eigenvalue weighted by molar-refractivity contribution is -0.116. The number of amides is 1. The predicted octanol–water partition coefficient (Wildman–Crippen LogP) is 3.51. The summed E-state index contributed by atoms with van der Waals surface area (Å²) < 4.78 is 18.2. The number of imidazole rings is 1. The molecule has 12 heteroatoms. The van der Waals surface area contributed by atoms with E-state index in [0.29, 0.717) is 60.5 Å². The van der Waals surface area contributed by atoms with Gasteiger partial charge in [-0.2, -0.15) is 0 Å². The molecule has 0 spiro atoms. The molecule has 3 N–H and O–H groups in total. The lowest BCUT2D eigenvalue weighted by Crippen LogP contribution is -2.38. The number of carbonyl (C=O) groups is 1. The highest BCUT2D eigenvalue weighted by Crippen LogP contribution is 2.32. The van der Waals surface area contributed by atoms with Gasteiger partial charge in [-0.3, -0.25) is 14.3 Å². The number of anilines is 2. The number of benzene rings is 2. The molecule has 1 saturated heterocycles. The standard InChI is InChI=1S/C27H26N8O4/c28-26-25(32-39-33-26)27-31-21-17-29-24(16-22(21)35(27)19-6-2-1-3-7-19)38-20-8-4-5-18(15-20)30-23(36)9-10-34-11-13-37-14-12-34/h1-8,15-17H,9-14H2,(H2,28,33)(H,30,36). The van der Waals surface area contributed by atoms with Gasteiger partial charge in [0.1, 0.15) is 11.3 Å². The van der Waals surface area contributed by atoms with Gasteiger partial charge in [0.25, 0.3) is 0 Å². The van der Waals surface area contributed by atoms with Crippen LogP contribution in [0.25, 0.3) is 28.2 Å². The number of aromatic nitrogens is 5. The summed E-state index contributed by atoms with van der Waals surface area (Å²) in [7, 11) is 0. The Labute approximate surface area is 223 Å². The minimum Gasteiger partial charge on any atom is -0.439 e. The summed E-state index contributed by atoms with van der Waals surface area (Å²) in [5.41, 5.74) is 9.15. The average Bonchev–Trinajstić information content (AvgIpc) is 3.56. The first kappa shape index (κ1) is 24.5. The maximum absolute atomic E-state index is 12.5. The summed E-state index contributed by atoms with van der Waals surface area (Å²) in [5.74, 6) is 1.43. The highest BCUT2D eigenvalue weighted by atomic mass is 16.6. The fourth-order valence-electron chi connectivity index (χ4n) is 4.43. The fraction of sp³-hybridized carbons (Fsp3) is 0.222. The number of nitrogen functional groups attached to an aromatic ring is 1. The number of nitrogens with two attached hydrogens (primary N) is 1. The number of morpholine rings is 1. The molecule has 1 aliphatic heterocycles. The molecule has 0 radical (unpaired) electrons. The summed E-state index contributed by atoms with van der Waals surface area (Å²) in [6.45, 7) is 3.81. The van der Waals surface area contributed by atoms with E-state index in [1.165, 1.54) is 0 Å². The van der Waals surface area contributed by atoms with Crippen LogP contribution in [-0.4, -0.2) is 68.5 Å². The maximum atomic E-state index is 12.5. The number of ether oxygens (including phenoxy) is 2. The molecule has 0 saturated carbocycles. The van der Waals surface area contributed by atoms with E-state index < -0.39 is 0 Å². The summed E-state index contributed by atoms with van der Waals surface area (Å²) in [4.78, 5) is 23.9. The molecule has 12 nitrogen and oxygen atoms in total. The van der Waals surface area contributed by atoms with Crippen molar-refractivity contribution in [1.29, 1.82) is 0 Å². The van der Waals surface area contributed by atoms with Gasteiger partial charge in [-0.05, 0) is 34.6 Å². The third-order valence-corrected chi connectivity index (χ3v) is 6.35. The molecule has 1 fully saturated rings. The normalized spacial score (nSPS) is 13.9. The number of hydrogen-bond acceptors (Lipinski definition) is 10. The van der Waals surface area contributed by atoms with Gasteiger partial charge in [0.05, 0.1) is 24.9 Å². The van der Waals surface area contributed by atoms with Crippen LogP contribution in [-0.2, 0) is 9.53 Å². The second-order valence-corrected chi connectivity index (χ2v) is 9.00. The van der Waals surface area contributed by atoms with Crippen molar-refractivity contribution in [2.45, 2.75) is 6.42 Å². The Hall–Kier alpha value is -4.81. The van der Waals surface area contributed by atoms with E-state index >= 15 is 0 Å². The molecule has 6 rings (SSSR count). The zero-order chi connectivity index (χ0) is 26.6. The van der Waals surface area contributed by atoms with Gasteiger partial charge in [0, 0.05) is 49.6 Å². The van der Waals surface area contributed by atoms with Crippen LogP contribution in [0.4, 0.5) is 11.5 Å². The van der Waals surface area contributed by atoms with Gasteiger partial charge in [-0.25, -0.2) is 14.6 Å². The molecule has 198 valence electrons. The lowest BCUT2D eigenvalue weighted by atomic mass is 10.2. The topological polar surface area (TPSA) is 146 Å². The summed E-state index contributed by atoms with van der Waals surface area (Å²) >= 11 is 0. The highest BCUT2D eigenvalue weighted by molar-refractivity contribution is 5.91. The Balaban J connectivity index is 1.23. The molecule has 4 heterocycles. The molecule has 0 atom stereocenters. The van der Waals surface area contributed by atoms with Gasteiger partial charge < -0.3 is 20.5 Å². The van der Waals surface area contributed by atoms with Crippen LogP contribution in [0.15, 0.2) is 71.5 Å². The van der Waals surface area contributed by atoms with E-state index in [9.17, 15) is 4.79 Å². The molecule has 5 aromatic rings. The van der Waals surface area contributed by atoms with Crippen molar-refractivity contribution in [2.75, 3.05) is 43.9 Å². The maximum Gasteiger partial charge on any atom is 0.225 e. The highest BCUT2D eigenvalue weighted by Gasteiger charge is 2.21. The van der Waals surface area contributed by atoms with E-state index in [0.717, 1.165) is 24.3 Å². The molecule has 2 aromatic carbocycles. The van der Waals surface area contributed by atoms with Crippen LogP contribution in [0.1, 0.15) is 6.42 Å². The van der Waals surface area contributed by atoms with Crippen molar-refractivity contribution in [1.82, 2.24) is 29.7 Å². The molecular weight excluding hydrogens is 500 g/mol. The van der Waals surface area contributed by atoms with E-state index in [2.05, 4.69) is 30.5 Å². The Morgan fingerprint density at radius 3 is 2.69 bits per heavy atom. The second-order valence-electron chi connectivity index (χ2n) is 9.00. The fourth-order valence-corrected chi connectivity index (χ4v) is 4.43. The van der Waals surface area contributed by atoms with Crippen molar-refractivity contribution in [3.8, 4) is 28.8 Å². The molecule has 0 unspecified atom stereocenters. The minimum atomic E-state index is -0.0564. The molecule has 3 aromatic heterocycles. The molecule has 1 amide bonds. The van der Waals surface area contributed by atoms with Crippen LogP contribution >= 0.6 is 0 Å². The minimum absolute atomic E-state index is 0.0564. The zero-order valence-corrected chi connectivity index (χ0v) is 21.0. The van der Waals surface area contributed by atoms with E-state index in [-0.39, 0.29) is 11.7 Å². The first-order valence-electron chi connectivity index (χ1n) is 12.5. The number of nitrogens with zero attached hydrogens (tertiary/aromatic N) is 6. The van der Waals surface area contributed by atoms with Crippen molar-refractivity contribution in [2.24, 2.45) is 0 Å². The van der Waals surface area contributed by atoms with Crippen molar-refractivity contribution in [3.63, 3.8) is 0 Å². The summed E-state index contributed by atoms with van der Waals surface area (Å²) in [6.07, 6.45) is 2.02. The smallest absolute Gasteiger partial charge is 0.225 e. The van der Waals surface area contributed by atoms with Crippen molar-refractivity contribution in [3.05, 3.63) is 66.9 Å². The number of para-hydroxylation sites is 1. The lowest BCUT2D eigenvalue weighted by Gasteiger charge is -2.26. The monoisotopic (exact) mass is 526 g/mol. The van der Waals surface area contributed by atoms with Crippen molar-refractivity contribution < 1.29 is 18.9 Å². The third kappa shape index (κ3) is 5.42. The summed E-state index contributed by atoms with van der Waals surface area (Å²) in [6, 6.07) is 18.7. The first-order chi connectivity index (χ1) is 19.1. The van der Waals surface area contributed by atoms with Crippen molar-refractivity contribution >= 4 is 28.4 Å². The number of pyridine rings is 1. The molecular formula is C27H26N8O4. The Morgan fingerprint density at radius 2 is 1.90 bits per heavy atom. The molecule has 0 bridgehead atoms. The van der Waals surface area contributed by atoms with Crippen LogP contribution in [0.5, 0.6) is 11.6 Å². The SMILES string of the molecule is Nc1nonc1-c1nc2cnc(Oc3cccc(NC(=O)CCN4CCOCC4)c3)cc2n1-c1ccccc1. The van der Waals surface area contributed by atoms with Gasteiger partial charge >= 0.3 is 0 Å². The Kier molecular flexibility index (Phi) is 6.85. The number of fused-ring (bicyclic) bond motifs is 1. The van der Waals surface area contributed by atoms with Crippen LogP contribution in [0, 0.1) is 0 Å². The van der Waals surface area contributed by atoms with E-state index in [1.54, 1.807) is 24.4 Å². The van der Waals surface area contributed by atoms with Gasteiger partial charge in [-0.1, -0.05) is 24.3 Å². The summed E-state index contributed by atoms with van der Waals surface area (Å²) in [5, 5.41) is 10.6. The van der Waals surface area contributed by atoms with Gasteiger partial charge in [0.15, 0.2) is 17.3 Å². The number of carbonyl (C=O) groups excluding carboxylic acids is 1. The Bertz CT molecular complexity index is 1590. The van der Waals surface area contributed by atoms with Gasteiger partial charge in [-0.15, -0.1) is 0 Å². The van der Waals surface area contributed by atoms with Crippen LogP contribution in [0.3, 0.4) is 0 Å². The first-order valence-corrected chi connectivity index (χ1v) is 12.5. The molecule has 1 aliphatic rings. The largest absolute Gasteiger partial charge is 0.439 e. The van der Waals surface area contributed by atoms with Crippen LogP contribution in [0.2, 0.25) is 0 Å².